The Morgan fingerprint density at radius 3 is 3.17 bits per heavy atom. The van der Waals surface area contributed by atoms with Crippen LogP contribution in [0.2, 0.25) is 0 Å². The first-order valence-electron chi connectivity index (χ1n) is 5.59. The highest BCUT2D eigenvalue weighted by atomic mass is 16.5. The predicted molar refractivity (Wildman–Crippen MR) is 67.4 cm³/mol. The van der Waals surface area contributed by atoms with E-state index in [2.05, 4.69) is 15.5 Å². The number of hydrogen-bond donors (Lipinski definition) is 2. The number of carbonyl (C=O) groups is 1. The lowest BCUT2D eigenvalue weighted by atomic mass is 10.2. The summed E-state index contributed by atoms with van der Waals surface area (Å²) in [5.41, 5.74) is 1.66. The Morgan fingerprint density at radius 2 is 2.33 bits per heavy atom. The van der Waals surface area contributed by atoms with Gasteiger partial charge in [-0.1, -0.05) is 0 Å². The number of aromatic amines is 1. The number of carbonyl (C=O) groups excluding carboxylic acids is 1. The fraction of sp³-hybridized carbons (Fsp3) is 0.333. The van der Waals surface area contributed by atoms with Crippen molar-refractivity contribution in [2.45, 2.75) is 0 Å². The topological polar surface area (TPSA) is 76.2 Å². The van der Waals surface area contributed by atoms with Crippen LogP contribution in [-0.4, -0.2) is 43.0 Å². The fourth-order valence-electron chi connectivity index (χ4n) is 1.52. The van der Waals surface area contributed by atoms with Gasteiger partial charge in [-0.05, 0) is 18.2 Å². The van der Waals surface area contributed by atoms with Crippen molar-refractivity contribution in [2.24, 2.45) is 0 Å². The van der Waals surface area contributed by atoms with Crippen molar-refractivity contribution in [2.75, 3.05) is 32.2 Å². The maximum atomic E-state index is 11.5. The zero-order valence-electron chi connectivity index (χ0n) is 10.1. The third kappa shape index (κ3) is 3.28. The number of anilines is 1. The minimum atomic E-state index is -0.186. The Hall–Kier alpha value is -1.92. The summed E-state index contributed by atoms with van der Waals surface area (Å²) in [6, 6.07) is 5.53. The highest BCUT2D eigenvalue weighted by Gasteiger charge is 2.03. The van der Waals surface area contributed by atoms with E-state index in [1.807, 2.05) is 18.2 Å². The standard InChI is InChI=1S/C12H15N3O3/c1-17-4-5-18-8-12(16)14-10-2-3-11-9(6-10)7-13-15-11/h2-3,6-7H,4-5,8H2,1H3,(H,13,15)(H,14,16). The molecule has 2 aromatic rings. The van der Waals surface area contributed by atoms with Crippen molar-refractivity contribution >= 4 is 22.5 Å². The number of fused-ring (bicyclic) bond motifs is 1. The lowest BCUT2D eigenvalue weighted by Crippen LogP contribution is -2.19. The third-order valence-electron chi connectivity index (χ3n) is 2.39. The zero-order chi connectivity index (χ0) is 12.8. The van der Waals surface area contributed by atoms with Crippen LogP contribution in [0.3, 0.4) is 0 Å². The van der Waals surface area contributed by atoms with Crippen LogP contribution in [0.4, 0.5) is 5.69 Å². The van der Waals surface area contributed by atoms with Gasteiger partial charge in [-0.3, -0.25) is 9.89 Å². The molecule has 0 unspecified atom stereocenters. The van der Waals surface area contributed by atoms with Gasteiger partial charge in [-0.25, -0.2) is 0 Å². The second kappa shape index (κ2) is 6.13. The third-order valence-corrected chi connectivity index (χ3v) is 2.39. The van der Waals surface area contributed by atoms with Gasteiger partial charge in [-0.15, -0.1) is 0 Å². The molecule has 2 rings (SSSR count). The number of nitrogens with zero attached hydrogens (tertiary/aromatic N) is 1. The predicted octanol–water partition coefficient (Wildman–Crippen LogP) is 1.16. The number of methoxy groups -OCH3 is 1. The summed E-state index contributed by atoms with van der Waals surface area (Å²) in [6.07, 6.45) is 1.71. The van der Waals surface area contributed by atoms with Gasteiger partial charge in [0.1, 0.15) is 6.61 Å². The van der Waals surface area contributed by atoms with Crippen molar-refractivity contribution in [1.29, 1.82) is 0 Å². The summed E-state index contributed by atoms with van der Waals surface area (Å²) < 4.78 is 9.94. The molecule has 1 aromatic carbocycles. The first kappa shape index (κ1) is 12.5. The molecule has 0 saturated carbocycles. The zero-order valence-corrected chi connectivity index (χ0v) is 10.1. The van der Waals surface area contributed by atoms with Crippen molar-refractivity contribution < 1.29 is 14.3 Å². The summed E-state index contributed by atoms with van der Waals surface area (Å²) >= 11 is 0. The number of aromatic nitrogens is 2. The monoisotopic (exact) mass is 249 g/mol. The van der Waals surface area contributed by atoms with Crippen LogP contribution in [0.5, 0.6) is 0 Å². The highest BCUT2D eigenvalue weighted by Crippen LogP contribution is 2.16. The van der Waals surface area contributed by atoms with Crippen LogP contribution in [0.15, 0.2) is 24.4 Å². The Morgan fingerprint density at radius 1 is 1.44 bits per heavy atom. The van der Waals surface area contributed by atoms with E-state index in [9.17, 15) is 4.79 Å². The molecule has 0 saturated heterocycles. The van der Waals surface area contributed by atoms with Crippen molar-refractivity contribution in [3.63, 3.8) is 0 Å². The molecule has 6 heteroatoms. The van der Waals surface area contributed by atoms with E-state index in [-0.39, 0.29) is 12.5 Å². The molecule has 1 amide bonds. The van der Waals surface area contributed by atoms with E-state index in [0.717, 1.165) is 16.6 Å². The van der Waals surface area contributed by atoms with E-state index in [0.29, 0.717) is 13.2 Å². The minimum Gasteiger partial charge on any atom is -0.382 e. The number of hydrogen-bond acceptors (Lipinski definition) is 4. The lowest BCUT2D eigenvalue weighted by Gasteiger charge is -2.06. The normalized spacial score (nSPS) is 10.7. The molecule has 0 atom stereocenters. The van der Waals surface area contributed by atoms with Crippen molar-refractivity contribution in [3.05, 3.63) is 24.4 Å². The smallest absolute Gasteiger partial charge is 0.250 e. The van der Waals surface area contributed by atoms with Crippen LogP contribution in [-0.2, 0) is 14.3 Å². The maximum Gasteiger partial charge on any atom is 0.250 e. The molecule has 1 aromatic heterocycles. The van der Waals surface area contributed by atoms with Gasteiger partial charge in [0.05, 0.1) is 24.9 Å². The molecule has 0 radical (unpaired) electrons. The molecule has 0 spiro atoms. The molecule has 18 heavy (non-hydrogen) atoms. The van der Waals surface area contributed by atoms with Gasteiger partial charge in [0, 0.05) is 18.2 Å². The fourth-order valence-corrected chi connectivity index (χ4v) is 1.52. The molecule has 0 aliphatic carbocycles. The first-order valence-corrected chi connectivity index (χ1v) is 5.59. The Labute approximate surface area is 104 Å². The SMILES string of the molecule is COCCOCC(=O)Nc1ccc2[nH]ncc2c1. The Balaban J connectivity index is 1.86. The van der Waals surface area contributed by atoms with Gasteiger partial charge in [0.25, 0.3) is 0 Å². The summed E-state index contributed by atoms with van der Waals surface area (Å²) in [5.74, 6) is -0.186. The van der Waals surface area contributed by atoms with E-state index in [1.165, 1.54) is 0 Å². The lowest BCUT2D eigenvalue weighted by molar-refractivity contribution is -0.121. The second-order valence-corrected chi connectivity index (χ2v) is 3.77. The molecule has 96 valence electrons. The largest absolute Gasteiger partial charge is 0.382 e. The van der Waals surface area contributed by atoms with Crippen LogP contribution in [0.25, 0.3) is 10.9 Å². The van der Waals surface area contributed by atoms with E-state index in [4.69, 9.17) is 9.47 Å². The van der Waals surface area contributed by atoms with Gasteiger partial charge in [-0.2, -0.15) is 5.10 Å². The van der Waals surface area contributed by atoms with E-state index in [1.54, 1.807) is 13.3 Å². The van der Waals surface area contributed by atoms with Crippen molar-refractivity contribution in [1.82, 2.24) is 10.2 Å². The summed E-state index contributed by atoms with van der Waals surface area (Å²) in [7, 11) is 1.59. The number of nitrogens with one attached hydrogen (secondary N) is 2. The number of ether oxygens (including phenoxy) is 2. The average Bonchev–Trinajstić information content (AvgIpc) is 2.82. The Bertz CT molecular complexity index is 524. The summed E-state index contributed by atoms with van der Waals surface area (Å²) in [5, 5.41) is 10.5. The molecule has 6 nitrogen and oxygen atoms in total. The molecular formula is C12H15N3O3. The van der Waals surface area contributed by atoms with E-state index >= 15 is 0 Å². The van der Waals surface area contributed by atoms with Crippen molar-refractivity contribution in [3.8, 4) is 0 Å². The van der Waals surface area contributed by atoms with Gasteiger partial charge < -0.3 is 14.8 Å². The van der Waals surface area contributed by atoms with Crippen LogP contribution in [0.1, 0.15) is 0 Å². The summed E-state index contributed by atoms with van der Waals surface area (Å²) in [6.45, 7) is 0.908. The molecule has 1 heterocycles. The number of H-pyrrole nitrogens is 1. The first-order chi connectivity index (χ1) is 8.79. The summed E-state index contributed by atoms with van der Waals surface area (Å²) in [4.78, 5) is 11.5. The van der Waals surface area contributed by atoms with Gasteiger partial charge in [0.15, 0.2) is 0 Å². The number of benzene rings is 1. The molecule has 0 aliphatic heterocycles. The average molecular weight is 249 g/mol. The molecular weight excluding hydrogens is 234 g/mol. The van der Waals surface area contributed by atoms with E-state index < -0.39 is 0 Å². The van der Waals surface area contributed by atoms with Gasteiger partial charge in [0.2, 0.25) is 5.91 Å². The number of amides is 1. The second-order valence-electron chi connectivity index (χ2n) is 3.77. The van der Waals surface area contributed by atoms with Crippen LogP contribution in [0, 0.1) is 0 Å². The highest BCUT2D eigenvalue weighted by molar-refractivity contribution is 5.94. The van der Waals surface area contributed by atoms with Gasteiger partial charge >= 0.3 is 0 Å². The quantitative estimate of drug-likeness (QED) is 0.753. The van der Waals surface area contributed by atoms with Crippen LogP contribution >= 0.6 is 0 Å². The minimum absolute atomic E-state index is 0.0206. The molecule has 0 bridgehead atoms. The molecule has 2 N–H and O–H groups in total. The molecule has 0 aliphatic rings. The number of rotatable bonds is 6. The maximum absolute atomic E-state index is 11.5. The Kier molecular flexibility index (Phi) is 4.27. The van der Waals surface area contributed by atoms with Crippen LogP contribution < -0.4 is 5.32 Å². The molecule has 0 fully saturated rings.